The van der Waals surface area contributed by atoms with E-state index in [1.807, 2.05) is 19.1 Å². The van der Waals surface area contributed by atoms with Gasteiger partial charge in [-0.25, -0.2) is 4.79 Å². The second kappa shape index (κ2) is 8.47. The molecule has 132 valence electrons. The Morgan fingerprint density at radius 1 is 1.42 bits per heavy atom. The van der Waals surface area contributed by atoms with E-state index >= 15 is 0 Å². The van der Waals surface area contributed by atoms with Gasteiger partial charge in [0, 0.05) is 38.9 Å². The Bertz CT molecular complexity index is 545. The molecule has 8 nitrogen and oxygen atoms in total. The second-order valence-electron chi connectivity index (χ2n) is 6.04. The molecule has 3 amide bonds. The number of carbonyl (C=O) groups excluding carboxylic acids is 2. The van der Waals surface area contributed by atoms with Gasteiger partial charge < -0.3 is 20.4 Å². The summed E-state index contributed by atoms with van der Waals surface area (Å²) in [6.07, 6.45) is 3.30. The number of rotatable bonds is 5. The third-order valence-electron chi connectivity index (χ3n) is 4.27. The van der Waals surface area contributed by atoms with Gasteiger partial charge in [-0.15, -0.1) is 5.10 Å². The fourth-order valence-corrected chi connectivity index (χ4v) is 2.64. The first kappa shape index (κ1) is 18.0. The lowest BCUT2D eigenvalue weighted by molar-refractivity contribution is -0.131. The van der Waals surface area contributed by atoms with Gasteiger partial charge in [-0.1, -0.05) is 0 Å². The molecule has 1 saturated heterocycles. The van der Waals surface area contributed by atoms with Gasteiger partial charge in [-0.2, -0.15) is 5.10 Å². The lowest BCUT2D eigenvalue weighted by Gasteiger charge is -2.33. The maximum atomic E-state index is 12.3. The molecule has 1 aromatic heterocycles. The maximum Gasteiger partial charge on any atom is 0.318 e. The minimum absolute atomic E-state index is 0.0787. The summed E-state index contributed by atoms with van der Waals surface area (Å²) in [6.45, 7) is 5.54. The first-order valence-corrected chi connectivity index (χ1v) is 8.36. The topological polar surface area (TPSA) is 90.5 Å². The Balaban J connectivity index is 1.77. The molecule has 1 aromatic rings. The standard InChI is InChI=1S/C16H26N6O2/c1-4-21(3)15(23)12(2)18-16(24)22-10-7-13(8-11-22)19-14-6-5-9-17-20-14/h5-6,9,12-13H,4,7-8,10-11H2,1-3H3,(H,18,24)(H,19,20). The summed E-state index contributed by atoms with van der Waals surface area (Å²) in [5, 5.41) is 14.0. The summed E-state index contributed by atoms with van der Waals surface area (Å²) in [4.78, 5) is 27.7. The van der Waals surface area contributed by atoms with E-state index in [1.165, 1.54) is 0 Å². The Morgan fingerprint density at radius 3 is 2.71 bits per heavy atom. The number of aromatic nitrogens is 2. The molecular formula is C16H26N6O2. The molecule has 2 heterocycles. The molecule has 2 rings (SSSR count). The van der Waals surface area contributed by atoms with E-state index in [-0.39, 0.29) is 18.0 Å². The van der Waals surface area contributed by atoms with Crippen LogP contribution in [0.1, 0.15) is 26.7 Å². The van der Waals surface area contributed by atoms with Gasteiger partial charge in [-0.05, 0) is 38.8 Å². The zero-order chi connectivity index (χ0) is 17.5. The minimum Gasteiger partial charge on any atom is -0.366 e. The average molecular weight is 334 g/mol. The van der Waals surface area contributed by atoms with Crippen LogP contribution in [0.5, 0.6) is 0 Å². The summed E-state index contributed by atoms with van der Waals surface area (Å²) in [5.41, 5.74) is 0. The number of nitrogens with zero attached hydrogens (tertiary/aromatic N) is 4. The van der Waals surface area contributed by atoms with Crippen LogP contribution < -0.4 is 10.6 Å². The van der Waals surface area contributed by atoms with Crippen LogP contribution in [0.4, 0.5) is 10.6 Å². The molecule has 0 bridgehead atoms. The Hall–Kier alpha value is -2.38. The fourth-order valence-electron chi connectivity index (χ4n) is 2.64. The van der Waals surface area contributed by atoms with Gasteiger partial charge in [0.1, 0.15) is 11.9 Å². The number of hydrogen-bond acceptors (Lipinski definition) is 5. The Kier molecular flexibility index (Phi) is 6.34. The molecule has 0 radical (unpaired) electrons. The van der Waals surface area contributed by atoms with E-state index in [0.717, 1.165) is 18.7 Å². The molecule has 8 heteroatoms. The van der Waals surface area contributed by atoms with Crippen molar-refractivity contribution in [3.63, 3.8) is 0 Å². The average Bonchev–Trinajstić information content (AvgIpc) is 2.61. The number of hydrogen-bond donors (Lipinski definition) is 2. The van der Waals surface area contributed by atoms with E-state index < -0.39 is 6.04 Å². The van der Waals surface area contributed by atoms with E-state index in [0.29, 0.717) is 19.6 Å². The smallest absolute Gasteiger partial charge is 0.318 e. The molecular weight excluding hydrogens is 308 g/mol. The van der Waals surface area contributed by atoms with Crippen molar-refractivity contribution >= 4 is 17.8 Å². The Morgan fingerprint density at radius 2 is 2.12 bits per heavy atom. The van der Waals surface area contributed by atoms with Crippen LogP contribution in [0.25, 0.3) is 0 Å². The SMILES string of the molecule is CCN(C)C(=O)C(C)NC(=O)N1CCC(Nc2cccnn2)CC1. The van der Waals surface area contributed by atoms with Crippen molar-refractivity contribution in [3.05, 3.63) is 18.3 Å². The molecule has 2 N–H and O–H groups in total. The molecule has 1 aliphatic heterocycles. The number of likely N-dealkylation sites (N-methyl/N-ethyl adjacent to an activating group) is 1. The summed E-state index contributed by atoms with van der Waals surface area (Å²) >= 11 is 0. The normalized spacial score (nSPS) is 16.4. The molecule has 0 aromatic carbocycles. The molecule has 24 heavy (non-hydrogen) atoms. The molecule has 1 unspecified atom stereocenters. The molecule has 0 aliphatic carbocycles. The second-order valence-corrected chi connectivity index (χ2v) is 6.04. The zero-order valence-corrected chi connectivity index (χ0v) is 14.5. The van der Waals surface area contributed by atoms with Crippen molar-refractivity contribution in [2.45, 2.75) is 38.8 Å². The van der Waals surface area contributed by atoms with Gasteiger partial charge in [0.05, 0.1) is 0 Å². The van der Waals surface area contributed by atoms with Crippen molar-refractivity contribution in [2.75, 3.05) is 32.0 Å². The van der Waals surface area contributed by atoms with Crippen molar-refractivity contribution < 1.29 is 9.59 Å². The highest BCUT2D eigenvalue weighted by Crippen LogP contribution is 2.14. The van der Waals surface area contributed by atoms with Crippen LogP contribution in [0, 0.1) is 0 Å². The van der Waals surface area contributed by atoms with Crippen LogP contribution in [-0.4, -0.2) is 70.7 Å². The Labute approximate surface area is 142 Å². The van der Waals surface area contributed by atoms with Crippen molar-refractivity contribution in [2.24, 2.45) is 0 Å². The van der Waals surface area contributed by atoms with Crippen molar-refractivity contribution in [1.82, 2.24) is 25.3 Å². The van der Waals surface area contributed by atoms with Gasteiger partial charge in [0.15, 0.2) is 0 Å². The molecule has 1 fully saturated rings. The summed E-state index contributed by atoms with van der Waals surface area (Å²) in [6, 6.07) is 3.29. The predicted octanol–water partition coefficient (Wildman–Crippen LogP) is 0.929. The predicted molar refractivity (Wildman–Crippen MR) is 91.6 cm³/mol. The highest BCUT2D eigenvalue weighted by molar-refractivity contribution is 5.86. The van der Waals surface area contributed by atoms with Gasteiger partial charge in [0.25, 0.3) is 0 Å². The minimum atomic E-state index is -0.516. The first-order chi connectivity index (χ1) is 11.5. The first-order valence-electron chi connectivity index (χ1n) is 8.36. The maximum absolute atomic E-state index is 12.3. The number of nitrogens with one attached hydrogen (secondary N) is 2. The number of urea groups is 1. The van der Waals surface area contributed by atoms with E-state index in [1.54, 1.807) is 30.0 Å². The van der Waals surface area contributed by atoms with Crippen LogP contribution in [0.2, 0.25) is 0 Å². The number of likely N-dealkylation sites (tertiary alicyclic amines) is 1. The van der Waals surface area contributed by atoms with E-state index in [4.69, 9.17) is 0 Å². The highest BCUT2D eigenvalue weighted by atomic mass is 16.2. The number of amides is 3. The van der Waals surface area contributed by atoms with Gasteiger partial charge in [-0.3, -0.25) is 4.79 Å². The summed E-state index contributed by atoms with van der Waals surface area (Å²) in [7, 11) is 1.73. The quantitative estimate of drug-likeness (QED) is 0.836. The molecule has 0 spiro atoms. The lowest BCUT2D eigenvalue weighted by Crippen LogP contribution is -2.52. The van der Waals surface area contributed by atoms with Gasteiger partial charge in [0.2, 0.25) is 5.91 Å². The molecule has 0 saturated carbocycles. The fraction of sp³-hybridized carbons (Fsp3) is 0.625. The van der Waals surface area contributed by atoms with Crippen LogP contribution in [0.3, 0.4) is 0 Å². The van der Waals surface area contributed by atoms with E-state index in [9.17, 15) is 9.59 Å². The monoisotopic (exact) mass is 334 g/mol. The van der Waals surface area contributed by atoms with Crippen LogP contribution >= 0.6 is 0 Å². The molecule has 1 atom stereocenters. The number of piperidine rings is 1. The molecule has 1 aliphatic rings. The largest absolute Gasteiger partial charge is 0.366 e. The van der Waals surface area contributed by atoms with E-state index in [2.05, 4.69) is 20.8 Å². The third-order valence-corrected chi connectivity index (χ3v) is 4.27. The summed E-state index contributed by atoms with van der Waals surface area (Å²) in [5.74, 6) is 0.673. The van der Waals surface area contributed by atoms with Crippen molar-refractivity contribution in [1.29, 1.82) is 0 Å². The van der Waals surface area contributed by atoms with Crippen LogP contribution in [0.15, 0.2) is 18.3 Å². The number of anilines is 1. The highest BCUT2D eigenvalue weighted by Gasteiger charge is 2.26. The summed E-state index contributed by atoms with van der Waals surface area (Å²) < 4.78 is 0. The third kappa shape index (κ3) is 4.81. The van der Waals surface area contributed by atoms with Crippen LogP contribution in [-0.2, 0) is 4.79 Å². The number of carbonyl (C=O) groups is 2. The zero-order valence-electron chi connectivity index (χ0n) is 14.5. The lowest BCUT2D eigenvalue weighted by atomic mass is 10.1. The van der Waals surface area contributed by atoms with Gasteiger partial charge >= 0.3 is 6.03 Å². The van der Waals surface area contributed by atoms with Crippen molar-refractivity contribution in [3.8, 4) is 0 Å².